The Morgan fingerprint density at radius 1 is 1.07 bits per heavy atom. The van der Waals surface area contributed by atoms with Gasteiger partial charge in [0.1, 0.15) is 18.5 Å². The van der Waals surface area contributed by atoms with Gasteiger partial charge in [-0.05, 0) is 36.6 Å². The molecule has 1 aliphatic rings. The average Bonchev–Trinajstić information content (AvgIpc) is 2.93. The van der Waals surface area contributed by atoms with Crippen LogP contribution in [0.1, 0.15) is 32.7 Å². The third kappa shape index (κ3) is 3.88. The van der Waals surface area contributed by atoms with E-state index in [1.807, 2.05) is 6.26 Å². The Kier molecular flexibility index (Phi) is 5.91. The summed E-state index contributed by atoms with van der Waals surface area (Å²) < 4.78 is 19.0. The van der Waals surface area contributed by atoms with Gasteiger partial charge in [-0.2, -0.15) is 11.8 Å². The van der Waals surface area contributed by atoms with Gasteiger partial charge in [0.25, 0.3) is 11.8 Å². The molecule has 2 aromatic rings. The van der Waals surface area contributed by atoms with Crippen molar-refractivity contribution < 1.29 is 23.5 Å². The second kappa shape index (κ2) is 8.35. The Bertz CT molecular complexity index is 851. The lowest BCUT2D eigenvalue weighted by Gasteiger charge is -2.24. The number of ether oxygens (including phenoxy) is 1. The van der Waals surface area contributed by atoms with E-state index in [0.717, 1.165) is 4.90 Å². The Morgan fingerprint density at radius 3 is 2.26 bits per heavy atom. The number of amides is 2. The monoisotopic (exact) mass is 387 g/mol. The topological polar surface area (TPSA) is 63.7 Å². The fourth-order valence-corrected chi connectivity index (χ4v) is 3.39. The van der Waals surface area contributed by atoms with Gasteiger partial charge in [0.05, 0.1) is 11.1 Å². The molecule has 0 spiro atoms. The number of benzene rings is 2. The molecule has 1 aliphatic heterocycles. The predicted molar refractivity (Wildman–Crippen MR) is 99.9 cm³/mol. The molecule has 1 heterocycles. The fraction of sp³-hybridized carbons (Fsp3) is 0.250. The van der Waals surface area contributed by atoms with E-state index < -0.39 is 29.6 Å². The van der Waals surface area contributed by atoms with Crippen LogP contribution in [0.25, 0.3) is 0 Å². The van der Waals surface area contributed by atoms with Crippen LogP contribution in [-0.4, -0.2) is 40.7 Å². The van der Waals surface area contributed by atoms with Gasteiger partial charge in [-0.25, -0.2) is 9.18 Å². The summed E-state index contributed by atoms with van der Waals surface area (Å²) in [5.41, 5.74) is 0.786. The molecule has 1 atom stereocenters. The van der Waals surface area contributed by atoms with Gasteiger partial charge in [-0.1, -0.05) is 30.3 Å². The standard InChI is InChI=1S/C20H18FNO4S/c1-27-11-10-17(20(25)26-12-13-6-2-5-9-16(13)21)22-18(23)14-7-3-4-8-15(14)19(22)24/h2-9,17H,10-12H2,1H3/t17-/m0/s1. The van der Waals surface area contributed by atoms with Crippen LogP contribution in [0.3, 0.4) is 0 Å². The Morgan fingerprint density at radius 2 is 1.67 bits per heavy atom. The van der Waals surface area contributed by atoms with Crippen molar-refractivity contribution in [2.24, 2.45) is 0 Å². The number of imide groups is 1. The zero-order chi connectivity index (χ0) is 19.4. The van der Waals surface area contributed by atoms with Crippen LogP contribution in [0.2, 0.25) is 0 Å². The highest BCUT2D eigenvalue weighted by Crippen LogP contribution is 2.26. The Labute approximate surface area is 160 Å². The summed E-state index contributed by atoms with van der Waals surface area (Å²) in [6, 6.07) is 11.4. The van der Waals surface area contributed by atoms with Gasteiger partial charge in [0.2, 0.25) is 0 Å². The Hall–Kier alpha value is -2.67. The summed E-state index contributed by atoms with van der Waals surface area (Å²) in [5.74, 6) is -1.66. The van der Waals surface area contributed by atoms with Crippen molar-refractivity contribution in [2.75, 3.05) is 12.0 Å². The molecule has 2 aromatic carbocycles. The van der Waals surface area contributed by atoms with Gasteiger partial charge >= 0.3 is 5.97 Å². The van der Waals surface area contributed by atoms with E-state index in [-0.39, 0.29) is 29.7 Å². The van der Waals surface area contributed by atoms with Crippen LogP contribution in [0.5, 0.6) is 0 Å². The first-order valence-corrected chi connectivity index (χ1v) is 9.80. The molecule has 0 fully saturated rings. The van der Waals surface area contributed by atoms with Crippen LogP contribution in [-0.2, 0) is 16.1 Å². The van der Waals surface area contributed by atoms with Crippen LogP contribution >= 0.6 is 11.8 Å². The van der Waals surface area contributed by atoms with Gasteiger partial charge in [0.15, 0.2) is 0 Å². The van der Waals surface area contributed by atoms with Crippen LogP contribution < -0.4 is 0 Å². The molecule has 0 saturated carbocycles. The highest BCUT2D eigenvalue weighted by Gasteiger charge is 2.43. The van der Waals surface area contributed by atoms with Gasteiger partial charge in [0, 0.05) is 5.56 Å². The first-order valence-electron chi connectivity index (χ1n) is 8.40. The number of nitrogens with zero attached hydrogens (tertiary/aromatic N) is 1. The molecular weight excluding hydrogens is 369 g/mol. The molecule has 5 nitrogen and oxygen atoms in total. The van der Waals surface area contributed by atoms with E-state index in [1.165, 1.54) is 23.9 Å². The zero-order valence-corrected chi connectivity index (χ0v) is 15.5. The normalized spacial score (nSPS) is 14.2. The highest BCUT2D eigenvalue weighted by molar-refractivity contribution is 7.98. The minimum atomic E-state index is -1.04. The molecule has 0 radical (unpaired) electrons. The minimum absolute atomic E-state index is 0.233. The van der Waals surface area contributed by atoms with Crippen molar-refractivity contribution in [3.63, 3.8) is 0 Å². The van der Waals surface area contributed by atoms with Crippen molar-refractivity contribution in [1.82, 2.24) is 4.90 Å². The summed E-state index contributed by atoms with van der Waals surface area (Å²) >= 11 is 1.49. The molecule has 140 valence electrons. The smallest absolute Gasteiger partial charge is 0.329 e. The predicted octanol–water partition coefficient (Wildman–Crippen LogP) is 3.29. The van der Waals surface area contributed by atoms with Crippen LogP contribution in [0.15, 0.2) is 48.5 Å². The number of rotatable bonds is 7. The molecular formula is C20H18FNO4S. The van der Waals surface area contributed by atoms with Gasteiger partial charge < -0.3 is 4.74 Å². The molecule has 0 N–H and O–H groups in total. The minimum Gasteiger partial charge on any atom is -0.459 e. The Balaban J connectivity index is 1.80. The van der Waals surface area contributed by atoms with E-state index in [0.29, 0.717) is 5.75 Å². The number of carbonyl (C=O) groups is 3. The first kappa shape index (κ1) is 19.1. The number of halogens is 1. The largest absolute Gasteiger partial charge is 0.459 e. The summed E-state index contributed by atoms with van der Waals surface area (Å²) in [7, 11) is 0. The summed E-state index contributed by atoms with van der Waals surface area (Å²) in [6.07, 6.45) is 2.13. The molecule has 0 aliphatic carbocycles. The molecule has 7 heteroatoms. The third-order valence-corrected chi connectivity index (χ3v) is 4.98. The summed E-state index contributed by atoms with van der Waals surface area (Å²) in [5, 5.41) is 0. The zero-order valence-electron chi connectivity index (χ0n) is 14.7. The van der Waals surface area contributed by atoms with E-state index in [2.05, 4.69) is 0 Å². The first-order chi connectivity index (χ1) is 13.0. The van der Waals surface area contributed by atoms with Crippen molar-refractivity contribution in [2.45, 2.75) is 19.1 Å². The number of fused-ring (bicyclic) bond motifs is 1. The van der Waals surface area contributed by atoms with Crippen molar-refractivity contribution in [1.29, 1.82) is 0 Å². The maximum Gasteiger partial charge on any atom is 0.329 e. The molecule has 27 heavy (non-hydrogen) atoms. The number of esters is 1. The summed E-state index contributed by atoms with van der Waals surface area (Å²) in [4.78, 5) is 39.0. The number of thioether (sulfide) groups is 1. The second-order valence-corrected chi connectivity index (χ2v) is 7.01. The lowest BCUT2D eigenvalue weighted by molar-refractivity contribution is -0.149. The van der Waals surface area contributed by atoms with Crippen LogP contribution in [0.4, 0.5) is 4.39 Å². The molecule has 3 rings (SSSR count). The molecule has 0 unspecified atom stereocenters. The molecule has 0 bridgehead atoms. The third-order valence-electron chi connectivity index (χ3n) is 4.33. The van der Waals surface area contributed by atoms with Gasteiger partial charge in [-0.15, -0.1) is 0 Å². The van der Waals surface area contributed by atoms with E-state index in [4.69, 9.17) is 4.74 Å². The second-order valence-electron chi connectivity index (χ2n) is 6.02. The van der Waals surface area contributed by atoms with Crippen LogP contribution in [0, 0.1) is 5.82 Å². The number of hydrogen-bond donors (Lipinski definition) is 0. The lowest BCUT2D eigenvalue weighted by atomic mass is 10.1. The fourth-order valence-electron chi connectivity index (χ4n) is 2.93. The van der Waals surface area contributed by atoms with E-state index >= 15 is 0 Å². The highest BCUT2D eigenvalue weighted by atomic mass is 32.2. The van der Waals surface area contributed by atoms with Crippen molar-refractivity contribution in [3.8, 4) is 0 Å². The lowest BCUT2D eigenvalue weighted by Crippen LogP contribution is -2.46. The molecule has 2 amide bonds. The quantitative estimate of drug-likeness (QED) is 0.539. The summed E-state index contributed by atoms with van der Waals surface area (Å²) in [6.45, 7) is -0.259. The van der Waals surface area contributed by atoms with Crippen molar-refractivity contribution in [3.05, 3.63) is 71.0 Å². The number of carbonyl (C=O) groups excluding carboxylic acids is 3. The van der Waals surface area contributed by atoms with E-state index in [1.54, 1.807) is 36.4 Å². The SMILES string of the molecule is CSCC[C@@H](C(=O)OCc1ccccc1F)N1C(=O)c2ccccc2C1=O. The van der Waals surface area contributed by atoms with Crippen molar-refractivity contribution >= 4 is 29.5 Å². The van der Waals surface area contributed by atoms with Gasteiger partial charge in [-0.3, -0.25) is 14.5 Å². The maximum absolute atomic E-state index is 13.7. The van der Waals surface area contributed by atoms with E-state index in [9.17, 15) is 18.8 Å². The maximum atomic E-state index is 13.7. The average molecular weight is 387 g/mol. The molecule has 0 saturated heterocycles. The number of hydrogen-bond acceptors (Lipinski definition) is 5. The molecule has 0 aromatic heterocycles.